The smallest absolute Gasteiger partial charge is 0.138 e. The minimum Gasteiger partial charge on any atom is -0.245 e. The third kappa shape index (κ3) is 3.46. The fraction of sp³-hybridized carbons (Fsp3) is 0.0333. The predicted molar refractivity (Wildman–Crippen MR) is 141 cm³/mol. The Balaban J connectivity index is 2.00. The van der Waals surface area contributed by atoms with Gasteiger partial charge in [-0.2, -0.15) is 5.10 Å². The summed E-state index contributed by atoms with van der Waals surface area (Å²) in [6.45, 7) is 8.18. The van der Waals surface area contributed by atoms with Crippen molar-refractivity contribution in [3.63, 3.8) is 0 Å². The fourth-order valence-corrected chi connectivity index (χ4v) is 4.95. The Morgan fingerprint density at radius 1 is 0.758 bits per heavy atom. The van der Waals surface area contributed by atoms with Crippen molar-refractivity contribution < 1.29 is 0 Å². The Kier molecular flexibility index (Phi) is 5.57. The lowest BCUT2D eigenvalue weighted by atomic mass is 9.77. The second-order valence-corrected chi connectivity index (χ2v) is 8.88. The van der Waals surface area contributed by atoms with Gasteiger partial charge in [-0.1, -0.05) is 126 Å². The zero-order valence-corrected chi connectivity index (χ0v) is 19.7. The Morgan fingerprint density at radius 3 is 1.70 bits per heavy atom. The van der Waals surface area contributed by atoms with E-state index in [2.05, 4.69) is 125 Å². The number of hydrogen-bond donors (Lipinski definition) is 0. The van der Waals surface area contributed by atoms with Crippen molar-refractivity contribution in [3.8, 4) is 0 Å². The maximum atomic E-state index is 5.23. The van der Waals surface area contributed by atoms with E-state index in [0.717, 1.165) is 43.3 Å². The van der Waals surface area contributed by atoms with E-state index in [9.17, 15) is 0 Å². The highest BCUT2D eigenvalue weighted by molar-refractivity contribution is 9.10. The summed E-state index contributed by atoms with van der Waals surface area (Å²) in [5, 5.41) is 6.26. The van der Waals surface area contributed by atoms with Crippen LogP contribution in [0.4, 0.5) is 0 Å². The van der Waals surface area contributed by atoms with Gasteiger partial charge in [-0.15, -0.1) is 0 Å². The quantitative estimate of drug-likeness (QED) is 0.175. The van der Waals surface area contributed by atoms with Crippen molar-refractivity contribution in [3.05, 3.63) is 155 Å². The van der Waals surface area contributed by atoms with Crippen LogP contribution in [0.1, 0.15) is 22.4 Å². The van der Waals surface area contributed by atoms with Gasteiger partial charge in [0.2, 0.25) is 0 Å². The van der Waals surface area contributed by atoms with Gasteiger partial charge in [0, 0.05) is 9.86 Å². The molecule has 0 unspecified atom stereocenters. The lowest BCUT2D eigenvalue weighted by Gasteiger charge is -2.37. The molecule has 4 aromatic carbocycles. The van der Waals surface area contributed by atoms with Gasteiger partial charge in [0.1, 0.15) is 5.54 Å². The molecular formula is C30H23BrN2. The molecule has 160 valence electrons. The summed E-state index contributed by atoms with van der Waals surface area (Å²) in [6.07, 6.45) is 1.77. The third-order valence-electron chi connectivity index (χ3n) is 6.08. The van der Waals surface area contributed by atoms with Gasteiger partial charge in [-0.25, -0.2) is 4.68 Å². The van der Waals surface area contributed by atoms with Crippen LogP contribution in [0, 0.1) is 0 Å². The van der Waals surface area contributed by atoms with Crippen LogP contribution in [-0.4, -0.2) is 9.78 Å². The molecule has 0 aliphatic rings. The number of fused-ring (bicyclic) bond motifs is 1. The molecule has 5 rings (SSSR count). The Bertz CT molecular complexity index is 1340. The second kappa shape index (κ2) is 8.68. The molecule has 1 aromatic heterocycles. The maximum absolute atomic E-state index is 5.23. The summed E-state index contributed by atoms with van der Waals surface area (Å²) in [5.74, 6) is 0. The molecule has 0 radical (unpaired) electrons. The summed E-state index contributed by atoms with van der Waals surface area (Å²) in [4.78, 5) is 0. The van der Waals surface area contributed by atoms with Gasteiger partial charge in [0.25, 0.3) is 0 Å². The first kappa shape index (κ1) is 21.2. The summed E-state index contributed by atoms with van der Waals surface area (Å²) in [6, 6.07) is 38.0. The summed E-state index contributed by atoms with van der Waals surface area (Å²) in [5.41, 5.74) is 5.35. The van der Waals surface area contributed by atoms with E-state index in [1.54, 1.807) is 6.08 Å². The predicted octanol–water partition coefficient (Wildman–Crippen LogP) is 7.84. The second-order valence-electron chi connectivity index (χ2n) is 7.96. The standard InChI is InChI=1S/C30H23BrN2/c1-3-22(2)29-27-21-26(31)19-20-28(27)33(32-29)30(23-13-7-4-8-14-23,24-15-9-5-10-16-24)25-17-11-6-12-18-25/h3-21H,1-2H2. The van der Waals surface area contributed by atoms with Gasteiger partial charge in [0.05, 0.1) is 11.2 Å². The minimum atomic E-state index is -0.685. The van der Waals surface area contributed by atoms with E-state index >= 15 is 0 Å². The number of rotatable bonds is 6. The first-order valence-corrected chi connectivity index (χ1v) is 11.6. The number of allylic oxidation sites excluding steroid dienone is 2. The fourth-order valence-electron chi connectivity index (χ4n) is 4.58. The summed E-state index contributed by atoms with van der Waals surface area (Å²) < 4.78 is 3.15. The van der Waals surface area contributed by atoms with Crippen LogP contribution in [0.2, 0.25) is 0 Å². The van der Waals surface area contributed by atoms with E-state index in [-0.39, 0.29) is 0 Å². The number of halogens is 1. The highest BCUT2D eigenvalue weighted by Crippen LogP contribution is 2.43. The molecule has 0 fully saturated rings. The summed E-state index contributed by atoms with van der Waals surface area (Å²) in [7, 11) is 0. The maximum Gasteiger partial charge on any atom is 0.138 e. The third-order valence-corrected chi connectivity index (χ3v) is 6.58. The number of benzene rings is 4. The molecule has 33 heavy (non-hydrogen) atoms. The molecule has 0 bridgehead atoms. The van der Waals surface area contributed by atoms with Gasteiger partial charge < -0.3 is 0 Å². The monoisotopic (exact) mass is 490 g/mol. The molecule has 0 saturated heterocycles. The first-order valence-electron chi connectivity index (χ1n) is 10.8. The SMILES string of the molecule is C=CC(=C)c1nn(C(c2ccccc2)(c2ccccc2)c2ccccc2)c2ccc(Br)cc12. The highest BCUT2D eigenvalue weighted by atomic mass is 79.9. The lowest BCUT2D eigenvalue weighted by molar-refractivity contribution is 0.475. The molecule has 0 aliphatic heterocycles. The van der Waals surface area contributed by atoms with Crippen LogP contribution in [-0.2, 0) is 5.54 Å². The van der Waals surface area contributed by atoms with Crippen molar-refractivity contribution in [1.29, 1.82) is 0 Å². The van der Waals surface area contributed by atoms with E-state index in [4.69, 9.17) is 5.10 Å². The zero-order chi connectivity index (χ0) is 22.8. The molecule has 1 heterocycles. The molecule has 3 heteroatoms. The van der Waals surface area contributed by atoms with Crippen LogP contribution < -0.4 is 0 Å². The van der Waals surface area contributed by atoms with Crippen molar-refractivity contribution in [2.24, 2.45) is 0 Å². The first-order chi connectivity index (χ1) is 16.2. The molecule has 0 aliphatic carbocycles. The van der Waals surface area contributed by atoms with E-state index < -0.39 is 5.54 Å². The van der Waals surface area contributed by atoms with Gasteiger partial charge in [0.15, 0.2) is 0 Å². The number of hydrogen-bond acceptors (Lipinski definition) is 1. The molecule has 0 spiro atoms. The average molecular weight is 491 g/mol. The van der Waals surface area contributed by atoms with Crippen LogP contribution in [0.3, 0.4) is 0 Å². The lowest BCUT2D eigenvalue weighted by Crippen LogP contribution is -2.38. The molecule has 0 N–H and O–H groups in total. The van der Waals surface area contributed by atoms with Gasteiger partial charge in [-0.3, -0.25) is 0 Å². The highest BCUT2D eigenvalue weighted by Gasteiger charge is 2.40. The minimum absolute atomic E-state index is 0.685. The molecule has 2 nitrogen and oxygen atoms in total. The van der Waals surface area contributed by atoms with Crippen molar-refractivity contribution in [2.45, 2.75) is 5.54 Å². The van der Waals surface area contributed by atoms with Crippen molar-refractivity contribution >= 4 is 32.4 Å². The van der Waals surface area contributed by atoms with E-state index in [1.807, 2.05) is 18.2 Å². The largest absolute Gasteiger partial charge is 0.245 e. The van der Waals surface area contributed by atoms with Crippen LogP contribution in [0.25, 0.3) is 16.5 Å². The summed E-state index contributed by atoms with van der Waals surface area (Å²) >= 11 is 3.64. The van der Waals surface area contributed by atoms with E-state index in [1.165, 1.54) is 0 Å². The molecule has 0 saturated carbocycles. The Labute approximate surface area is 202 Å². The van der Waals surface area contributed by atoms with Crippen molar-refractivity contribution in [2.75, 3.05) is 0 Å². The number of aromatic nitrogens is 2. The van der Waals surface area contributed by atoms with Crippen LogP contribution >= 0.6 is 15.9 Å². The molecule has 0 amide bonds. The molecule has 0 atom stereocenters. The van der Waals surface area contributed by atoms with Gasteiger partial charge in [-0.05, 0) is 40.5 Å². The van der Waals surface area contributed by atoms with Crippen molar-refractivity contribution in [1.82, 2.24) is 9.78 Å². The molecular weight excluding hydrogens is 468 g/mol. The Hall–Kier alpha value is -3.69. The number of nitrogens with zero attached hydrogens (tertiary/aromatic N) is 2. The van der Waals surface area contributed by atoms with Crippen LogP contribution in [0.5, 0.6) is 0 Å². The topological polar surface area (TPSA) is 17.8 Å². The van der Waals surface area contributed by atoms with Gasteiger partial charge >= 0.3 is 0 Å². The Morgan fingerprint density at radius 2 is 1.24 bits per heavy atom. The van der Waals surface area contributed by atoms with E-state index in [0.29, 0.717) is 0 Å². The average Bonchev–Trinajstić information content (AvgIpc) is 3.25. The normalized spacial score (nSPS) is 11.4. The zero-order valence-electron chi connectivity index (χ0n) is 18.2. The molecule has 5 aromatic rings. The van der Waals surface area contributed by atoms with Crippen LogP contribution in [0.15, 0.2) is 133 Å².